The van der Waals surface area contributed by atoms with Gasteiger partial charge >= 0.3 is 0 Å². The second-order valence-electron chi connectivity index (χ2n) is 4.13. The molecule has 0 N–H and O–H groups in total. The highest BCUT2D eigenvalue weighted by Crippen LogP contribution is 2.50. The predicted molar refractivity (Wildman–Crippen MR) is 81.1 cm³/mol. The average molecular weight is 335 g/mol. The monoisotopic (exact) mass is 333 g/mol. The Morgan fingerprint density at radius 1 is 0.737 bits per heavy atom. The molecule has 3 rings (SSSR count). The van der Waals surface area contributed by atoms with Crippen LogP contribution in [0.5, 0.6) is 11.5 Å². The first-order chi connectivity index (χ1) is 8.97. The Morgan fingerprint density at radius 2 is 1.11 bits per heavy atom. The molecule has 0 bridgehead atoms. The van der Waals surface area contributed by atoms with Crippen LogP contribution in [0.1, 0.15) is 0 Å². The highest BCUT2D eigenvalue weighted by Gasteiger charge is 2.24. The summed E-state index contributed by atoms with van der Waals surface area (Å²) in [6.45, 7) is 0. The Balaban J connectivity index is 2.20. The molecule has 0 amide bonds. The molecule has 2 aromatic rings. The number of anilines is 2. The van der Waals surface area contributed by atoms with Crippen molar-refractivity contribution in [2.45, 2.75) is 0 Å². The van der Waals surface area contributed by atoms with Gasteiger partial charge in [0.2, 0.25) is 0 Å². The van der Waals surface area contributed by atoms with Gasteiger partial charge in [-0.05, 0) is 12.1 Å². The third-order valence-corrected chi connectivity index (χ3v) is 4.39. The molecular weight excluding hydrogens is 328 g/mol. The van der Waals surface area contributed by atoms with E-state index in [1.807, 2.05) is 11.9 Å². The first kappa shape index (κ1) is 13.2. The van der Waals surface area contributed by atoms with Crippen molar-refractivity contribution in [3.05, 3.63) is 44.4 Å². The van der Waals surface area contributed by atoms with Crippen molar-refractivity contribution in [2.24, 2.45) is 0 Å². The minimum Gasteiger partial charge on any atom is -0.453 e. The molecule has 0 spiro atoms. The molecule has 0 fully saturated rings. The number of halogens is 4. The summed E-state index contributed by atoms with van der Waals surface area (Å²) >= 11 is 24.1. The van der Waals surface area contributed by atoms with Crippen LogP contribution in [0.25, 0.3) is 0 Å². The third kappa shape index (κ3) is 2.13. The summed E-state index contributed by atoms with van der Waals surface area (Å²) in [6, 6.07) is 6.87. The van der Waals surface area contributed by atoms with Crippen molar-refractivity contribution in [1.82, 2.24) is 0 Å². The molecule has 0 saturated carbocycles. The SMILES string of the molecule is CN1c2cc(Cl)c(Cl)cc2Oc2cc(Cl)c(Cl)cc21. The average Bonchev–Trinajstić information content (AvgIpc) is 2.35. The van der Waals surface area contributed by atoms with Gasteiger partial charge in [-0.1, -0.05) is 46.4 Å². The van der Waals surface area contributed by atoms with Gasteiger partial charge in [-0.25, -0.2) is 0 Å². The van der Waals surface area contributed by atoms with Crippen LogP contribution in [0.2, 0.25) is 20.1 Å². The fourth-order valence-corrected chi connectivity index (χ4v) is 2.60. The van der Waals surface area contributed by atoms with Crippen LogP contribution in [-0.2, 0) is 0 Å². The number of hydrogen-bond acceptors (Lipinski definition) is 2. The Hall–Kier alpha value is -0.800. The largest absolute Gasteiger partial charge is 0.453 e. The number of nitrogens with zero attached hydrogens (tertiary/aromatic N) is 1. The molecule has 0 aliphatic carbocycles. The molecule has 0 saturated heterocycles. The molecule has 0 atom stereocenters. The van der Waals surface area contributed by atoms with Gasteiger partial charge in [0.25, 0.3) is 0 Å². The van der Waals surface area contributed by atoms with Gasteiger partial charge in [-0.2, -0.15) is 0 Å². The number of ether oxygens (including phenoxy) is 1. The van der Waals surface area contributed by atoms with Crippen molar-refractivity contribution in [3.63, 3.8) is 0 Å². The lowest BCUT2D eigenvalue weighted by Crippen LogP contribution is -2.15. The molecule has 1 heterocycles. The van der Waals surface area contributed by atoms with E-state index < -0.39 is 0 Å². The van der Waals surface area contributed by atoms with E-state index in [1.165, 1.54) is 0 Å². The van der Waals surface area contributed by atoms with E-state index in [9.17, 15) is 0 Å². The molecule has 2 nitrogen and oxygen atoms in total. The van der Waals surface area contributed by atoms with E-state index in [0.717, 1.165) is 11.4 Å². The minimum atomic E-state index is 0.442. The summed E-state index contributed by atoms with van der Waals surface area (Å²) in [5.41, 5.74) is 1.64. The molecule has 0 unspecified atom stereocenters. The fraction of sp³-hybridized carbons (Fsp3) is 0.0769. The highest BCUT2D eigenvalue weighted by atomic mass is 35.5. The maximum atomic E-state index is 6.03. The molecule has 19 heavy (non-hydrogen) atoms. The normalized spacial score (nSPS) is 12.8. The summed E-state index contributed by atoms with van der Waals surface area (Å²) in [6.07, 6.45) is 0. The maximum Gasteiger partial charge on any atom is 0.152 e. The Bertz CT molecular complexity index is 629. The van der Waals surface area contributed by atoms with Crippen molar-refractivity contribution in [2.75, 3.05) is 11.9 Å². The van der Waals surface area contributed by atoms with E-state index in [1.54, 1.807) is 24.3 Å². The molecule has 2 aromatic carbocycles. The third-order valence-electron chi connectivity index (χ3n) is 2.95. The topological polar surface area (TPSA) is 12.5 Å². The van der Waals surface area contributed by atoms with E-state index in [0.29, 0.717) is 31.6 Å². The highest BCUT2D eigenvalue weighted by molar-refractivity contribution is 6.43. The van der Waals surface area contributed by atoms with Gasteiger partial charge in [-0.3, -0.25) is 0 Å². The summed E-state index contributed by atoms with van der Waals surface area (Å²) in [4.78, 5) is 1.93. The fourth-order valence-electron chi connectivity index (χ4n) is 1.97. The van der Waals surface area contributed by atoms with Gasteiger partial charge in [0.05, 0.1) is 31.5 Å². The maximum absolute atomic E-state index is 6.03. The zero-order chi connectivity index (χ0) is 13.7. The number of rotatable bonds is 0. The molecule has 0 radical (unpaired) electrons. The van der Waals surface area contributed by atoms with Crippen molar-refractivity contribution in [3.8, 4) is 11.5 Å². The van der Waals surface area contributed by atoms with Crippen molar-refractivity contribution < 1.29 is 4.74 Å². The van der Waals surface area contributed by atoms with Crippen LogP contribution in [-0.4, -0.2) is 7.05 Å². The van der Waals surface area contributed by atoms with Crippen LogP contribution < -0.4 is 9.64 Å². The van der Waals surface area contributed by atoms with Gasteiger partial charge < -0.3 is 9.64 Å². The quantitative estimate of drug-likeness (QED) is 0.570. The summed E-state index contributed by atoms with van der Waals surface area (Å²) in [7, 11) is 1.90. The first-order valence-electron chi connectivity index (χ1n) is 5.37. The molecule has 0 aromatic heterocycles. The van der Waals surface area contributed by atoms with Crippen molar-refractivity contribution in [1.29, 1.82) is 0 Å². The standard InChI is InChI=1S/C13H7Cl4NO/c1-18-10-2-6(14)8(16)4-12(10)19-13-5-9(17)7(15)3-11(13)18/h2-5H,1H3. The van der Waals surface area contributed by atoms with Crippen LogP contribution in [0.15, 0.2) is 24.3 Å². The Morgan fingerprint density at radius 3 is 1.53 bits per heavy atom. The zero-order valence-corrected chi connectivity index (χ0v) is 12.7. The van der Waals surface area contributed by atoms with E-state index in [2.05, 4.69) is 0 Å². The number of fused-ring (bicyclic) bond motifs is 2. The lowest BCUT2D eigenvalue weighted by atomic mass is 10.2. The van der Waals surface area contributed by atoms with Crippen LogP contribution in [0.4, 0.5) is 11.4 Å². The van der Waals surface area contributed by atoms with Crippen molar-refractivity contribution >= 4 is 57.8 Å². The molecule has 98 valence electrons. The van der Waals surface area contributed by atoms with Gasteiger partial charge in [0.15, 0.2) is 11.5 Å². The second kappa shape index (κ2) is 4.64. The molecule has 6 heteroatoms. The van der Waals surface area contributed by atoms with E-state index >= 15 is 0 Å². The summed E-state index contributed by atoms with van der Waals surface area (Å²) in [5, 5.41) is 1.83. The van der Waals surface area contributed by atoms with Gasteiger partial charge in [-0.15, -0.1) is 0 Å². The molecule has 1 aliphatic rings. The smallest absolute Gasteiger partial charge is 0.152 e. The van der Waals surface area contributed by atoms with Gasteiger partial charge in [0, 0.05) is 19.2 Å². The zero-order valence-electron chi connectivity index (χ0n) is 9.68. The molecular formula is C13H7Cl4NO. The Labute approximate surface area is 130 Å². The van der Waals surface area contributed by atoms with Crippen LogP contribution in [0, 0.1) is 0 Å². The lowest BCUT2D eigenvalue weighted by molar-refractivity contribution is 0.475. The van der Waals surface area contributed by atoms with Crippen LogP contribution in [0.3, 0.4) is 0 Å². The van der Waals surface area contributed by atoms with Gasteiger partial charge in [0.1, 0.15) is 0 Å². The summed E-state index contributed by atoms with van der Waals surface area (Å²) in [5.74, 6) is 1.26. The lowest BCUT2D eigenvalue weighted by Gasteiger charge is -2.30. The number of hydrogen-bond donors (Lipinski definition) is 0. The molecule has 1 aliphatic heterocycles. The predicted octanol–water partition coefficient (Wildman–Crippen LogP) is 6.17. The second-order valence-corrected chi connectivity index (χ2v) is 5.76. The summed E-state index contributed by atoms with van der Waals surface area (Å²) < 4.78 is 5.79. The Kier molecular flexibility index (Phi) is 3.22. The minimum absolute atomic E-state index is 0.442. The van der Waals surface area contributed by atoms with Crippen LogP contribution >= 0.6 is 46.4 Å². The first-order valence-corrected chi connectivity index (χ1v) is 6.88. The van der Waals surface area contributed by atoms with E-state index in [-0.39, 0.29) is 0 Å². The number of benzene rings is 2. The van der Waals surface area contributed by atoms with E-state index in [4.69, 9.17) is 51.1 Å².